The summed E-state index contributed by atoms with van der Waals surface area (Å²) in [5, 5.41) is 2.09. The normalized spacial score (nSPS) is 14.1. The lowest BCUT2D eigenvalue weighted by Crippen LogP contribution is -2.31. The van der Waals surface area contributed by atoms with Gasteiger partial charge in [-0.1, -0.05) is 6.07 Å². The highest BCUT2D eigenvalue weighted by Crippen LogP contribution is 2.39. The molecule has 3 nitrogen and oxygen atoms in total. The second-order valence-corrected chi connectivity index (χ2v) is 8.52. The van der Waals surface area contributed by atoms with Crippen molar-refractivity contribution in [2.24, 2.45) is 0 Å². The third-order valence-corrected chi connectivity index (χ3v) is 7.25. The largest absolute Gasteiger partial charge is 0.275 e. The first-order valence-corrected chi connectivity index (χ1v) is 9.98. The molecule has 0 bridgehead atoms. The van der Waals surface area contributed by atoms with Crippen LogP contribution < -0.4 is 0 Å². The number of rotatable bonds is 5. The molecule has 6 heteroatoms. The summed E-state index contributed by atoms with van der Waals surface area (Å²) in [6, 6.07) is 12.7. The summed E-state index contributed by atoms with van der Waals surface area (Å²) < 4.78 is 0. The van der Waals surface area contributed by atoms with E-state index in [-0.39, 0.29) is 11.8 Å². The number of hydrogen-bond donors (Lipinski definition) is 0. The van der Waals surface area contributed by atoms with Gasteiger partial charge in [-0.05, 0) is 42.1 Å². The fourth-order valence-corrected chi connectivity index (χ4v) is 5.47. The smallest absolute Gasteiger partial charge is 0.253 e. The summed E-state index contributed by atoms with van der Waals surface area (Å²) in [4.78, 5) is 30.7. The molecule has 4 heterocycles. The van der Waals surface area contributed by atoms with Crippen LogP contribution in [0.4, 0.5) is 0 Å². The van der Waals surface area contributed by atoms with Crippen LogP contribution in [0.25, 0.3) is 19.5 Å². The Morgan fingerprint density at radius 3 is 2.17 bits per heavy atom. The summed E-state index contributed by atoms with van der Waals surface area (Å²) in [5.41, 5.74) is 0. The minimum absolute atomic E-state index is 0.212. The lowest BCUT2D eigenvalue weighted by Gasteiger charge is -2.12. The van der Waals surface area contributed by atoms with Gasteiger partial charge in [-0.2, -0.15) is 0 Å². The van der Waals surface area contributed by atoms with E-state index in [0.29, 0.717) is 13.0 Å². The number of hydrogen-bond acceptors (Lipinski definition) is 5. The molecular weight excluding hydrogens is 358 g/mol. The van der Waals surface area contributed by atoms with E-state index in [4.69, 9.17) is 0 Å². The van der Waals surface area contributed by atoms with Gasteiger partial charge in [0.2, 0.25) is 0 Å². The quantitative estimate of drug-likeness (QED) is 0.611. The molecule has 0 atom stereocenters. The first-order chi connectivity index (χ1) is 11.7. The maximum absolute atomic E-state index is 11.6. The van der Waals surface area contributed by atoms with E-state index in [2.05, 4.69) is 41.8 Å². The third kappa shape index (κ3) is 3.00. The topological polar surface area (TPSA) is 37.4 Å². The van der Waals surface area contributed by atoms with Crippen LogP contribution in [0.5, 0.6) is 0 Å². The predicted octanol–water partition coefficient (Wildman–Crippen LogP) is 4.67. The fourth-order valence-electron chi connectivity index (χ4n) is 2.54. The zero-order chi connectivity index (χ0) is 16.5. The number of carbonyl (C=O) groups excluding carboxylic acids is 2. The van der Waals surface area contributed by atoms with Gasteiger partial charge in [-0.3, -0.25) is 14.5 Å². The molecule has 1 aliphatic heterocycles. The minimum atomic E-state index is -0.212. The second-order valence-electron chi connectivity index (χ2n) is 5.32. The van der Waals surface area contributed by atoms with Crippen LogP contribution >= 0.6 is 34.0 Å². The molecule has 0 fully saturated rings. The molecule has 2 amide bonds. The van der Waals surface area contributed by atoms with Gasteiger partial charge in [0.1, 0.15) is 0 Å². The molecule has 3 aromatic heterocycles. The molecule has 0 saturated heterocycles. The monoisotopic (exact) mass is 371 g/mol. The van der Waals surface area contributed by atoms with Gasteiger partial charge in [0.15, 0.2) is 0 Å². The molecule has 0 N–H and O–H groups in total. The van der Waals surface area contributed by atoms with Crippen LogP contribution in [-0.2, 0) is 16.0 Å². The molecule has 0 aliphatic carbocycles. The van der Waals surface area contributed by atoms with Crippen molar-refractivity contribution in [2.75, 3.05) is 6.54 Å². The second kappa shape index (κ2) is 6.47. The van der Waals surface area contributed by atoms with Gasteiger partial charge >= 0.3 is 0 Å². The summed E-state index contributed by atoms with van der Waals surface area (Å²) in [6.07, 6.45) is 3.37. The Kier molecular flexibility index (Phi) is 4.18. The van der Waals surface area contributed by atoms with Gasteiger partial charge in [-0.25, -0.2) is 0 Å². The van der Waals surface area contributed by atoms with Crippen molar-refractivity contribution in [3.05, 3.63) is 58.8 Å². The number of carbonyl (C=O) groups is 2. The van der Waals surface area contributed by atoms with Crippen molar-refractivity contribution in [2.45, 2.75) is 6.42 Å². The summed E-state index contributed by atoms with van der Waals surface area (Å²) in [6.45, 7) is 0.440. The van der Waals surface area contributed by atoms with Gasteiger partial charge in [0, 0.05) is 43.1 Å². The van der Waals surface area contributed by atoms with Crippen molar-refractivity contribution in [1.29, 1.82) is 0 Å². The van der Waals surface area contributed by atoms with Crippen LogP contribution in [0.15, 0.2) is 53.9 Å². The van der Waals surface area contributed by atoms with E-state index < -0.39 is 0 Å². The highest BCUT2D eigenvalue weighted by Gasteiger charge is 2.22. The molecule has 4 rings (SSSR count). The molecule has 3 aromatic rings. The Labute approximate surface area is 151 Å². The Balaban J connectivity index is 1.45. The van der Waals surface area contributed by atoms with Gasteiger partial charge in [0.25, 0.3) is 11.8 Å². The Morgan fingerprint density at radius 2 is 1.46 bits per heavy atom. The lowest BCUT2D eigenvalue weighted by atomic mass is 10.3. The fraction of sp³-hybridized carbons (Fsp3) is 0.111. The molecule has 120 valence electrons. The Morgan fingerprint density at radius 1 is 0.792 bits per heavy atom. The number of thiophene rings is 3. The SMILES string of the molecule is O=C1C=CC(=O)N1CCc1ccc(-c2ccc(-c3cccs3)s2)s1. The number of imide groups is 1. The molecule has 0 unspecified atom stereocenters. The standard InChI is InChI=1S/C18H13NO2S3/c20-17-7-8-18(21)19(17)10-9-12-3-4-15(23-12)16-6-5-14(24-16)13-2-1-11-22-13/h1-8,11H,9-10H2. The maximum atomic E-state index is 11.6. The number of amides is 2. The van der Waals surface area contributed by atoms with Crippen LogP contribution in [-0.4, -0.2) is 23.3 Å². The molecule has 0 radical (unpaired) electrons. The van der Waals surface area contributed by atoms with Gasteiger partial charge in [-0.15, -0.1) is 34.0 Å². The van der Waals surface area contributed by atoms with E-state index in [1.54, 1.807) is 34.0 Å². The van der Waals surface area contributed by atoms with Crippen LogP contribution in [0.1, 0.15) is 4.88 Å². The van der Waals surface area contributed by atoms with E-state index in [1.807, 2.05) is 0 Å². The molecule has 0 spiro atoms. The third-order valence-electron chi connectivity index (χ3n) is 3.76. The van der Waals surface area contributed by atoms with Crippen molar-refractivity contribution in [3.63, 3.8) is 0 Å². The van der Waals surface area contributed by atoms with Crippen molar-refractivity contribution < 1.29 is 9.59 Å². The van der Waals surface area contributed by atoms with E-state index in [0.717, 1.165) is 0 Å². The molecular formula is C18H13NO2S3. The van der Waals surface area contributed by atoms with E-state index >= 15 is 0 Å². The number of nitrogens with zero attached hydrogens (tertiary/aromatic N) is 1. The molecule has 0 aromatic carbocycles. The highest BCUT2D eigenvalue weighted by atomic mass is 32.1. The lowest BCUT2D eigenvalue weighted by molar-refractivity contribution is -0.136. The van der Waals surface area contributed by atoms with Crippen LogP contribution in [0.2, 0.25) is 0 Å². The van der Waals surface area contributed by atoms with Crippen LogP contribution in [0.3, 0.4) is 0 Å². The molecule has 0 saturated carbocycles. The average Bonchev–Trinajstić information content (AvgIpc) is 3.34. The van der Waals surface area contributed by atoms with Gasteiger partial charge in [0.05, 0.1) is 0 Å². The predicted molar refractivity (Wildman–Crippen MR) is 101 cm³/mol. The minimum Gasteiger partial charge on any atom is -0.275 e. The Bertz CT molecular complexity index is 900. The van der Waals surface area contributed by atoms with Crippen molar-refractivity contribution in [1.82, 2.24) is 4.90 Å². The average molecular weight is 372 g/mol. The zero-order valence-corrected chi connectivity index (χ0v) is 15.0. The summed E-state index contributed by atoms with van der Waals surface area (Å²) in [5.74, 6) is -0.425. The Hall–Kier alpha value is -2.02. The first-order valence-electron chi connectivity index (χ1n) is 7.47. The molecule has 1 aliphatic rings. The summed E-state index contributed by atoms with van der Waals surface area (Å²) in [7, 11) is 0. The zero-order valence-electron chi connectivity index (χ0n) is 12.6. The highest BCUT2D eigenvalue weighted by molar-refractivity contribution is 7.26. The molecule has 24 heavy (non-hydrogen) atoms. The summed E-state index contributed by atoms with van der Waals surface area (Å²) >= 11 is 5.27. The van der Waals surface area contributed by atoms with Gasteiger partial charge < -0.3 is 0 Å². The van der Waals surface area contributed by atoms with Crippen molar-refractivity contribution >= 4 is 45.8 Å². The van der Waals surface area contributed by atoms with E-state index in [1.165, 1.54) is 41.4 Å². The first kappa shape index (κ1) is 15.5. The van der Waals surface area contributed by atoms with Crippen LogP contribution in [0, 0.1) is 0 Å². The van der Waals surface area contributed by atoms with E-state index in [9.17, 15) is 9.59 Å². The van der Waals surface area contributed by atoms with Crippen molar-refractivity contribution in [3.8, 4) is 19.5 Å². The maximum Gasteiger partial charge on any atom is 0.253 e.